The number of nitrogens with zero attached hydrogens (tertiary/aromatic N) is 3. The van der Waals surface area contributed by atoms with E-state index in [0.717, 1.165) is 44.1 Å². The maximum absolute atomic E-state index is 4.77. The molecule has 1 saturated heterocycles. The lowest BCUT2D eigenvalue weighted by Crippen LogP contribution is -2.43. The van der Waals surface area contributed by atoms with Gasteiger partial charge in [0, 0.05) is 33.2 Å². The van der Waals surface area contributed by atoms with E-state index in [-0.39, 0.29) is 0 Å². The highest BCUT2D eigenvalue weighted by molar-refractivity contribution is 5.76. The lowest BCUT2D eigenvalue weighted by Gasteiger charge is -2.26. The van der Waals surface area contributed by atoms with Gasteiger partial charge >= 0.3 is 0 Å². The first-order chi connectivity index (χ1) is 8.74. The summed E-state index contributed by atoms with van der Waals surface area (Å²) in [6.07, 6.45) is 0. The lowest BCUT2D eigenvalue weighted by molar-refractivity contribution is 0.226. The minimum Gasteiger partial charge on any atom is -0.330 e. The van der Waals surface area contributed by atoms with Crippen LogP contribution in [0.2, 0.25) is 0 Å². The van der Waals surface area contributed by atoms with E-state index < -0.39 is 0 Å². The number of piperazine rings is 1. The first-order valence-corrected chi connectivity index (χ1v) is 6.59. The van der Waals surface area contributed by atoms with Crippen LogP contribution in [0.3, 0.4) is 0 Å². The maximum atomic E-state index is 4.77. The molecular formula is C14H20N4. The highest BCUT2D eigenvalue weighted by atomic mass is 15.2. The molecule has 18 heavy (non-hydrogen) atoms. The van der Waals surface area contributed by atoms with Gasteiger partial charge in [-0.1, -0.05) is 6.07 Å². The Morgan fingerprint density at radius 2 is 2.06 bits per heavy atom. The summed E-state index contributed by atoms with van der Waals surface area (Å²) in [5.41, 5.74) is 3.61. The van der Waals surface area contributed by atoms with E-state index in [1.165, 1.54) is 11.1 Å². The van der Waals surface area contributed by atoms with Crippen LogP contribution in [-0.4, -0.2) is 40.6 Å². The summed E-state index contributed by atoms with van der Waals surface area (Å²) in [5.74, 6) is 1.16. The van der Waals surface area contributed by atoms with E-state index >= 15 is 0 Å². The highest BCUT2D eigenvalue weighted by Gasteiger charge is 2.14. The van der Waals surface area contributed by atoms with E-state index in [4.69, 9.17) is 4.98 Å². The summed E-state index contributed by atoms with van der Waals surface area (Å²) >= 11 is 0. The summed E-state index contributed by atoms with van der Waals surface area (Å²) in [4.78, 5) is 7.23. The van der Waals surface area contributed by atoms with E-state index in [0.29, 0.717) is 0 Å². The molecule has 96 valence electrons. The summed E-state index contributed by atoms with van der Waals surface area (Å²) < 4.78 is 2.22. The van der Waals surface area contributed by atoms with Crippen LogP contribution < -0.4 is 5.32 Å². The van der Waals surface area contributed by atoms with Gasteiger partial charge in [-0.2, -0.15) is 0 Å². The number of hydrogen-bond donors (Lipinski definition) is 1. The van der Waals surface area contributed by atoms with E-state index in [1.54, 1.807) is 0 Å². The number of fused-ring (bicyclic) bond motifs is 1. The summed E-state index contributed by atoms with van der Waals surface area (Å²) in [7, 11) is 2.11. The van der Waals surface area contributed by atoms with E-state index in [9.17, 15) is 0 Å². The Kier molecular flexibility index (Phi) is 3.06. The Balaban J connectivity index is 1.89. The monoisotopic (exact) mass is 244 g/mol. The number of benzene rings is 1. The van der Waals surface area contributed by atoms with Crippen molar-refractivity contribution in [3.05, 3.63) is 29.6 Å². The van der Waals surface area contributed by atoms with Crippen molar-refractivity contribution >= 4 is 11.0 Å². The van der Waals surface area contributed by atoms with Gasteiger partial charge in [0.1, 0.15) is 5.82 Å². The fourth-order valence-corrected chi connectivity index (χ4v) is 2.57. The SMILES string of the molecule is Cc1ccc2c(c1)nc(CN1CCNCC1)n2C. The molecular weight excluding hydrogens is 224 g/mol. The van der Waals surface area contributed by atoms with Crippen LogP contribution in [0.25, 0.3) is 11.0 Å². The molecule has 0 spiro atoms. The molecule has 0 saturated carbocycles. The van der Waals surface area contributed by atoms with E-state index in [1.807, 2.05) is 0 Å². The molecule has 2 aromatic rings. The summed E-state index contributed by atoms with van der Waals surface area (Å²) in [6.45, 7) is 7.46. The number of hydrogen-bond acceptors (Lipinski definition) is 3. The number of rotatable bonds is 2. The van der Waals surface area contributed by atoms with Gasteiger partial charge in [0.25, 0.3) is 0 Å². The molecule has 1 aliphatic heterocycles. The molecule has 4 nitrogen and oxygen atoms in total. The summed E-state index contributed by atoms with van der Waals surface area (Å²) in [5, 5.41) is 3.38. The molecule has 1 aromatic carbocycles. The molecule has 1 N–H and O–H groups in total. The molecule has 0 aliphatic carbocycles. The van der Waals surface area contributed by atoms with Crippen molar-refractivity contribution in [1.29, 1.82) is 0 Å². The molecule has 0 bridgehead atoms. The van der Waals surface area contributed by atoms with Gasteiger partial charge in [0.15, 0.2) is 0 Å². The van der Waals surface area contributed by atoms with Gasteiger partial charge in [-0.25, -0.2) is 4.98 Å². The average Bonchev–Trinajstić information content (AvgIpc) is 2.67. The highest BCUT2D eigenvalue weighted by Crippen LogP contribution is 2.17. The summed E-state index contributed by atoms with van der Waals surface area (Å²) in [6, 6.07) is 6.48. The van der Waals surface area contributed by atoms with Crippen molar-refractivity contribution in [3.8, 4) is 0 Å². The molecule has 0 amide bonds. The predicted molar refractivity (Wildman–Crippen MR) is 73.6 cm³/mol. The zero-order chi connectivity index (χ0) is 12.5. The molecule has 0 radical (unpaired) electrons. The average molecular weight is 244 g/mol. The third-order valence-electron chi connectivity index (χ3n) is 3.70. The third-order valence-corrected chi connectivity index (χ3v) is 3.70. The second kappa shape index (κ2) is 4.71. The fraction of sp³-hybridized carbons (Fsp3) is 0.500. The van der Waals surface area contributed by atoms with Crippen LogP contribution >= 0.6 is 0 Å². The zero-order valence-corrected chi connectivity index (χ0v) is 11.1. The van der Waals surface area contributed by atoms with Gasteiger partial charge in [-0.15, -0.1) is 0 Å². The van der Waals surface area contributed by atoms with Gasteiger partial charge < -0.3 is 9.88 Å². The molecule has 2 heterocycles. The minimum absolute atomic E-state index is 0.950. The first kappa shape index (κ1) is 11.7. The zero-order valence-electron chi connectivity index (χ0n) is 11.1. The van der Waals surface area contributed by atoms with Gasteiger partial charge in [-0.3, -0.25) is 4.90 Å². The quantitative estimate of drug-likeness (QED) is 0.864. The topological polar surface area (TPSA) is 33.1 Å². The normalized spacial score (nSPS) is 17.4. The predicted octanol–water partition coefficient (Wildman–Crippen LogP) is 1.29. The Bertz CT molecular complexity index is 552. The van der Waals surface area contributed by atoms with Crippen molar-refractivity contribution in [2.75, 3.05) is 26.2 Å². The van der Waals surface area contributed by atoms with Crippen LogP contribution in [-0.2, 0) is 13.6 Å². The third kappa shape index (κ3) is 2.13. The van der Waals surface area contributed by atoms with Crippen LogP contribution in [0.15, 0.2) is 18.2 Å². The number of aryl methyl sites for hydroxylation is 2. The molecule has 4 heteroatoms. The molecule has 1 aliphatic rings. The van der Waals surface area contributed by atoms with Crippen LogP contribution in [0.5, 0.6) is 0 Å². The Hall–Kier alpha value is -1.39. The number of aromatic nitrogens is 2. The van der Waals surface area contributed by atoms with Crippen LogP contribution in [0, 0.1) is 6.92 Å². The smallest absolute Gasteiger partial charge is 0.123 e. The Labute approximate surface area is 108 Å². The molecule has 1 aromatic heterocycles. The molecule has 3 rings (SSSR count). The van der Waals surface area contributed by atoms with Crippen LogP contribution in [0.4, 0.5) is 0 Å². The van der Waals surface area contributed by atoms with Crippen LogP contribution in [0.1, 0.15) is 11.4 Å². The van der Waals surface area contributed by atoms with Crippen molar-refractivity contribution in [1.82, 2.24) is 19.8 Å². The van der Waals surface area contributed by atoms with Gasteiger partial charge in [0.05, 0.1) is 17.6 Å². The fourth-order valence-electron chi connectivity index (χ4n) is 2.57. The second-order valence-corrected chi connectivity index (χ2v) is 5.11. The van der Waals surface area contributed by atoms with Gasteiger partial charge in [0.2, 0.25) is 0 Å². The minimum atomic E-state index is 0.950. The molecule has 0 unspecified atom stereocenters. The van der Waals surface area contributed by atoms with Gasteiger partial charge in [-0.05, 0) is 24.6 Å². The molecule has 0 atom stereocenters. The van der Waals surface area contributed by atoms with Crippen molar-refractivity contribution < 1.29 is 0 Å². The maximum Gasteiger partial charge on any atom is 0.123 e. The van der Waals surface area contributed by atoms with Crippen molar-refractivity contribution in [3.63, 3.8) is 0 Å². The van der Waals surface area contributed by atoms with Crippen molar-refractivity contribution in [2.24, 2.45) is 7.05 Å². The number of imidazole rings is 1. The largest absolute Gasteiger partial charge is 0.330 e. The standard InChI is InChI=1S/C14H20N4/c1-11-3-4-13-12(9-11)16-14(17(13)2)10-18-7-5-15-6-8-18/h3-4,9,15H,5-8,10H2,1-2H3. The second-order valence-electron chi connectivity index (χ2n) is 5.11. The lowest BCUT2D eigenvalue weighted by atomic mass is 10.2. The van der Waals surface area contributed by atoms with E-state index in [2.05, 4.69) is 47.0 Å². The molecule has 1 fully saturated rings. The first-order valence-electron chi connectivity index (χ1n) is 6.59. The Morgan fingerprint density at radius 3 is 2.83 bits per heavy atom. The Morgan fingerprint density at radius 1 is 1.28 bits per heavy atom. The van der Waals surface area contributed by atoms with Crippen molar-refractivity contribution in [2.45, 2.75) is 13.5 Å². The number of nitrogens with one attached hydrogen (secondary N) is 1.